The van der Waals surface area contributed by atoms with Crippen molar-refractivity contribution in [1.82, 2.24) is 5.32 Å². The van der Waals surface area contributed by atoms with E-state index in [1.807, 2.05) is 19.2 Å². The number of benzene rings is 1. The molecule has 3 heteroatoms. The Balaban J connectivity index is 2.43. The van der Waals surface area contributed by atoms with Crippen LogP contribution in [0.15, 0.2) is 12.1 Å². The fourth-order valence-electron chi connectivity index (χ4n) is 2.51. The van der Waals surface area contributed by atoms with Gasteiger partial charge in [-0.1, -0.05) is 31.9 Å². The average molecular weight is 254 g/mol. The zero-order chi connectivity index (χ0) is 12.4. The number of rotatable bonds is 4. The number of hydrogen-bond acceptors (Lipinski definition) is 2. The van der Waals surface area contributed by atoms with Crippen LogP contribution in [-0.2, 0) is 6.42 Å². The van der Waals surface area contributed by atoms with E-state index in [1.165, 1.54) is 11.1 Å². The number of nitrogens with one attached hydrogen (secondary N) is 1. The molecule has 1 aromatic carbocycles. The van der Waals surface area contributed by atoms with Gasteiger partial charge in [-0.25, -0.2) is 0 Å². The van der Waals surface area contributed by atoms with Gasteiger partial charge in [-0.2, -0.15) is 0 Å². The van der Waals surface area contributed by atoms with Crippen LogP contribution in [0, 0.1) is 5.92 Å². The Bertz CT molecular complexity index is 405. The standard InChI is InChI=1S/C14H20ClNO/c1-4-9(2)13(16-3)12-8-11(15)7-10-5-6-17-14(10)12/h7-9,13,16H,4-6H2,1-3H3. The third kappa shape index (κ3) is 2.43. The molecule has 2 nitrogen and oxygen atoms in total. The van der Waals surface area contributed by atoms with Crippen LogP contribution in [0.25, 0.3) is 0 Å². The molecule has 0 fully saturated rings. The second-order valence-corrected chi connectivity index (χ2v) is 5.17. The second kappa shape index (κ2) is 5.28. The van der Waals surface area contributed by atoms with Crippen molar-refractivity contribution in [3.05, 3.63) is 28.3 Å². The van der Waals surface area contributed by atoms with E-state index in [2.05, 4.69) is 19.2 Å². The predicted molar refractivity (Wildman–Crippen MR) is 71.9 cm³/mol. The van der Waals surface area contributed by atoms with Gasteiger partial charge < -0.3 is 10.1 Å². The van der Waals surface area contributed by atoms with Crippen molar-refractivity contribution in [3.8, 4) is 5.75 Å². The minimum Gasteiger partial charge on any atom is -0.493 e. The predicted octanol–water partition coefficient (Wildman–Crippen LogP) is 3.58. The van der Waals surface area contributed by atoms with Gasteiger partial charge in [-0.3, -0.25) is 0 Å². The highest BCUT2D eigenvalue weighted by atomic mass is 35.5. The lowest BCUT2D eigenvalue weighted by molar-refractivity contribution is 0.335. The fraction of sp³-hybridized carbons (Fsp3) is 0.571. The molecule has 2 rings (SSSR count). The van der Waals surface area contributed by atoms with E-state index in [-0.39, 0.29) is 0 Å². The molecule has 1 aromatic rings. The van der Waals surface area contributed by atoms with E-state index < -0.39 is 0 Å². The number of fused-ring (bicyclic) bond motifs is 1. The minimum absolute atomic E-state index is 0.311. The molecule has 1 N–H and O–H groups in total. The lowest BCUT2D eigenvalue weighted by Crippen LogP contribution is -2.23. The van der Waals surface area contributed by atoms with E-state index >= 15 is 0 Å². The molecule has 0 radical (unpaired) electrons. The first-order chi connectivity index (χ1) is 8.17. The summed E-state index contributed by atoms with van der Waals surface area (Å²) in [6, 6.07) is 4.38. The number of halogens is 1. The summed E-state index contributed by atoms with van der Waals surface area (Å²) < 4.78 is 5.76. The molecule has 0 saturated heterocycles. The van der Waals surface area contributed by atoms with Gasteiger partial charge in [-0.05, 0) is 30.7 Å². The maximum absolute atomic E-state index is 6.19. The summed E-state index contributed by atoms with van der Waals surface area (Å²) in [6.07, 6.45) is 2.10. The van der Waals surface area contributed by atoms with Crippen LogP contribution in [0.2, 0.25) is 5.02 Å². The minimum atomic E-state index is 0.311. The largest absolute Gasteiger partial charge is 0.493 e. The Hall–Kier alpha value is -0.730. The lowest BCUT2D eigenvalue weighted by atomic mass is 9.91. The normalized spacial score (nSPS) is 17.4. The smallest absolute Gasteiger partial charge is 0.127 e. The summed E-state index contributed by atoms with van der Waals surface area (Å²) in [6.45, 7) is 5.24. The van der Waals surface area contributed by atoms with Crippen LogP contribution < -0.4 is 10.1 Å². The van der Waals surface area contributed by atoms with E-state index in [4.69, 9.17) is 16.3 Å². The van der Waals surface area contributed by atoms with Crippen molar-refractivity contribution in [1.29, 1.82) is 0 Å². The van der Waals surface area contributed by atoms with Crippen molar-refractivity contribution in [2.24, 2.45) is 5.92 Å². The summed E-state index contributed by atoms with van der Waals surface area (Å²) in [4.78, 5) is 0. The van der Waals surface area contributed by atoms with Crippen LogP contribution in [0.4, 0.5) is 0 Å². The molecule has 1 heterocycles. The summed E-state index contributed by atoms with van der Waals surface area (Å²) in [7, 11) is 2.00. The zero-order valence-corrected chi connectivity index (χ0v) is 11.5. The first kappa shape index (κ1) is 12.7. The van der Waals surface area contributed by atoms with E-state index in [0.717, 1.165) is 30.2 Å². The molecule has 0 aliphatic carbocycles. The highest BCUT2D eigenvalue weighted by molar-refractivity contribution is 6.30. The molecule has 2 atom stereocenters. The van der Waals surface area contributed by atoms with Crippen LogP contribution in [0.1, 0.15) is 37.4 Å². The topological polar surface area (TPSA) is 21.3 Å². The van der Waals surface area contributed by atoms with Gasteiger partial charge in [0.2, 0.25) is 0 Å². The Morgan fingerprint density at radius 3 is 2.88 bits per heavy atom. The van der Waals surface area contributed by atoms with Crippen molar-refractivity contribution in [3.63, 3.8) is 0 Å². The number of hydrogen-bond donors (Lipinski definition) is 1. The summed E-state index contributed by atoms with van der Waals surface area (Å²) >= 11 is 6.19. The highest BCUT2D eigenvalue weighted by Crippen LogP contribution is 2.39. The van der Waals surface area contributed by atoms with E-state index in [9.17, 15) is 0 Å². The van der Waals surface area contributed by atoms with Gasteiger partial charge in [0.1, 0.15) is 5.75 Å². The third-order valence-electron chi connectivity index (χ3n) is 3.64. The molecule has 1 aliphatic heterocycles. The Morgan fingerprint density at radius 1 is 1.47 bits per heavy atom. The quantitative estimate of drug-likeness (QED) is 0.886. The fourth-order valence-corrected chi connectivity index (χ4v) is 2.76. The van der Waals surface area contributed by atoms with Gasteiger partial charge in [0.05, 0.1) is 6.61 Å². The maximum Gasteiger partial charge on any atom is 0.127 e. The van der Waals surface area contributed by atoms with Crippen molar-refractivity contribution in [2.45, 2.75) is 32.7 Å². The third-order valence-corrected chi connectivity index (χ3v) is 3.85. The summed E-state index contributed by atoms with van der Waals surface area (Å²) in [5.41, 5.74) is 2.46. The molecule has 94 valence electrons. The molecular weight excluding hydrogens is 234 g/mol. The Morgan fingerprint density at radius 2 is 2.24 bits per heavy atom. The monoisotopic (exact) mass is 253 g/mol. The molecule has 0 aromatic heterocycles. The van der Waals surface area contributed by atoms with Crippen LogP contribution in [-0.4, -0.2) is 13.7 Å². The van der Waals surface area contributed by atoms with Gasteiger partial charge >= 0.3 is 0 Å². The highest BCUT2D eigenvalue weighted by Gasteiger charge is 2.25. The average Bonchev–Trinajstić information content (AvgIpc) is 2.77. The molecule has 17 heavy (non-hydrogen) atoms. The molecule has 0 amide bonds. The van der Waals surface area contributed by atoms with Crippen molar-refractivity contribution < 1.29 is 4.74 Å². The van der Waals surface area contributed by atoms with Crippen LogP contribution in [0.5, 0.6) is 5.75 Å². The molecule has 0 saturated carbocycles. The van der Waals surface area contributed by atoms with Crippen molar-refractivity contribution >= 4 is 11.6 Å². The Kier molecular flexibility index (Phi) is 3.95. The molecule has 1 aliphatic rings. The first-order valence-corrected chi connectivity index (χ1v) is 6.67. The maximum atomic E-state index is 6.19. The molecular formula is C14H20ClNO. The summed E-state index contributed by atoms with van der Waals surface area (Å²) in [5, 5.41) is 4.20. The van der Waals surface area contributed by atoms with Gasteiger partial charge in [0.15, 0.2) is 0 Å². The number of ether oxygens (including phenoxy) is 1. The lowest BCUT2D eigenvalue weighted by Gasteiger charge is -2.25. The molecule has 0 spiro atoms. The second-order valence-electron chi connectivity index (χ2n) is 4.73. The van der Waals surface area contributed by atoms with Crippen molar-refractivity contribution in [2.75, 3.05) is 13.7 Å². The summed E-state index contributed by atoms with van der Waals surface area (Å²) in [5.74, 6) is 1.61. The van der Waals surface area contributed by atoms with E-state index in [1.54, 1.807) is 0 Å². The molecule has 2 unspecified atom stereocenters. The zero-order valence-electron chi connectivity index (χ0n) is 10.7. The Labute approximate surface area is 108 Å². The SMILES string of the molecule is CCC(C)C(NC)c1cc(Cl)cc2c1OCC2. The first-order valence-electron chi connectivity index (χ1n) is 6.29. The van der Waals surface area contributed by atoms with Gasteiger partial charge in [-0.15, -0.1) is 0 Å². The van der Waals surface area contributed by atoms with Crippen LogP contribution in [0.3, 0.4) is 0 Å². The van der Waals surface area contributed by atoms with Crippen LogP contribution >= 0.6 is 11.6 Å². The van der Waals surface area contributed by atoms with E-state index in [0.29, 0.717) is 12.0 Å². The van der Waals surface area contributed by atoms with Gasteiger partial charge in [0.25, 0.3) is 0 Å². The molecule has 0 bridgehead atoms. The van der Waals surface area contributed by atoms with Gasteiger partial charge in [0, 0.05) is 23.0 Å².